The van der Waals surface area contributed by atoms with Crippen molar-refractivity contribution in [2.24, 2.45) is 0 Å². The average Bonchev–Trinajstić information content (AvgIpc) is 2.49. The third-order valence-corrected chi connectivity index (χ3v) is 2.66. The van der Waals surface area contributed by atoms with Crippen molar-refractivity contribution in [3.05, 3.63) is 59.3 Å². The molecule has 112 valence electrons. The molecule has 0 saturated carbocycles. The van der Waals surface area contributed by atoms with Crippen molar-refractivity contribution >= 4 is 11.5 Å². The van der Waals surface area contributed by atoms with Crippen LogP contribution in [0.4, 0.5) is 14.6 Å². The Labute approximate surface area is 123 Å². The Morgan fingerprint density at radius 3 is 2.52 bits per heavy atom. The maximum Gasteiger partial charge on any atom is 0.142 e. The average molecular weight is 291 g/mol. The van der Waals surface area contributed by atoms with Gasteiger partial charge in [-0.25, -0.2) is 13.8 Å². The Morgan fingerprint density at radius 1 is 1.24 bits per heavy atom. The number of nitrogens with one attached hydrogen (secondary N) is 2. The van der Waals surface area contributed by atoms with Crippen LogP contribution in [0.2, 0.25) is 0 Å². The van der Waals surface area contributed by atoms with Crippen LogP contribution in [-0.4, -0.2) is 10.7 Å². The minimum absolute atomic E-state index is 0.197. The fourth-order valence-electron chi connectivity index (χ4n) is 1.69. The summed E-state index contributed by atoms with van der Waals surface area (Å²) in [6.45, 7) is 5.77. The lowest BCUT2D eigenvalue weighted by molar-refractivity contribution is 0.612. The smallest absolute Gasteiger partial charge is 0.142 e. The van der Waals surface area contributed by atoms with Crippen LogP contribution >= 0.6 is 0 Å². The van der Waals surface area contributed by atoms with Crippen LogP contribution in [0.25, 0.3) is 0 Å². The van der Waals surface area contributed by atoms with Gasteiger partial charge in [0.2, 0.25) is 0 Å². The van der Waals surface area contributed by atoms with Crippen LogP contribution in [0.15, 0.2) is 36.5 Å². The predicted octanol–water partition coefficient (Wildman–Crippen LogP) is 4.39. The SMILES string of the molecule is CC.CC(=N)c1cc(F)cnc1NCc1ccccc1F. The molecule has 0 atom stereocenters. The molecule has 2 rings (SSSR count). The number of hydrogen-bond donors (Lipinski definition) is 2. The Morgan fingerprint density at radius 2 is 1.90 bits per heavy atom. The highest BCUT2D eigenvalue weighted by Crippen LogP contribution is 2.16. The molecule has 0 spiro atoms. The third-order valence-electron chi connectivity index (χ3n) is 2.66. The van der Waals surface area contributed by atoms with E-state index in [0.717, 1.165) is 6.20 Å². The van der Waals surface area contributed by atoms with Gasteiger partial charge in [0.15, 0.2) is 0 Å². The highest BCUT2D eigenvalue weighted by atomic mass is 19.1. The summed E-state index contributed by atoms with van der Waals surface area (Å²) in [5.41, 5.74) is 1.06. The molecule has 1 aromatic carbocycles. The number of nitrogens with zero attached hydrogens (tertiary/aromatic N) is 1. The van der Waals surface area contributed by atoms with Gasteiger partial charge in [-0.15, -0.1) is 0 Å². The molecule has 0 radical (unpaired) electrons. The van der Waals surface area contributed by atoms with E-state index in [2.05, 4.69) is 10.3 Å². The lowest BCUT2D eigenvalue weighted by Gasteiger charge is -2.10. The lowest BCUT2D eigenvalue weighted by atomic mass is 10.1. The summed E-state index contributed by atoms with van der Waals surface area (Å²) in [7, 11) is 0. The van der Waals surface area contributed by atoms with Gasteiger partial charge in [0.25, 0.3) is 0 Å². The van der Waals surface area contributed by atoms with Crippen LogP contribution in [0.5, 0.6) is 0 Å². The first-order chi connectivity index (χ1) is 10.1. The fraction of sp³-hybridized carbons (Fsp3) is 0.250. The minimum atomic E-state index is -0.502. The van der Waals surface area contributed by atoms with E-state index >= 15 is 0 Å². The maximum absolute atomic E-state index is 13.5. The van der Waals surface area contributed by atoms with Crippen molar-refractivity contribution in [1.29, 1.82) is 5.41 Å². The van der Waals surface area contributed by atoms with Crippen LogP contribution < -0.4 is 5.32 Å². The van der Waals surface area contributed by atoms with Gasteiger partial charge < -0.3 is 10.7 Å². The molecule has 0 saturated heterocycles. The number of rotatable bonds is 4. The van der Waals surface area contributed by atoms with Crippen molar-refractivity contribution < 1.29 is 8.78 Å². The second-order valence-electron chi connectivity index (χ2n) is 4.12. The van der Waals surface area contributed by atoms with E-state index in [9.17, 15) is 8.78 Å². The second kappa shape index (κ2) is 8.09. The van der Waals surface area contributed by atoms with Crippen LogP contribution in [-0.2, 0) is 6.54 Å². The van der Waals surface area contributed by atoms with E-state index in [1.54, 1.807) is 25.1 Å². The summed E-state index contributed by atoms with van der Waals surface area (Å²) in [5, 5.41) is 10.5. The van der Waals surface area contributed by atoms with Crippen LogP contribution in [0, 0.1) is 17.0 Å². The molecule has 2 N–H and O–H groups in total. The van der Waals surface area contributed by atoms with Gasteiger partial charge in [0, 0.05) is 23.4 Å². The largest absolute Gasteiger partial charge is 0.365 e. The molecular formula is C16H19F2N3. The first-order valence-electron chi connectivity index (χ1n) is 6.76. The standard InChI is InChI=1S/C14H13F2N3.C2H6/c1-9(17)12-6-11(15)8-19-14(12)18-7-10-4-2-3-5-13(10)16;1-2/h2-6,8,17H,7H2,1H3,(H,18,19);1-2H3. The summed E-state index contributed by atoms with van der Waals surface area (Å²) in [6, 6.07) is 7.61. The molecule has 5 heteroatoms. The van der Waals surface area contributed by atoms with E-state index in [1.165, 1.54) is 12.1 Å². The highest BCUT2D eigenvalue weighted by Gasteiger charge is 2.08. The fourth-order valence-corrected chi connectivity index (χ4v) is 1.69. The highest BCUT2D eigenvalue weighted by molar-refractivity contribution is 6.00. The zero-order valence-electron chi connectivity index (χ0n) is 12.4. The van der Waals surface area contributed by atoms with Gasteiger partial charge in [-0.1, -0.05) is 32.0 Å². The molecule has 21 heavy (non-hydrogen) atoms. The minimum Gasteiger partial charge on any atom is -0.365 e. The third kappa shape index (κ3) is 4.63. The summed E-state index contributed by atoms with van der Waals surface area (Å²) in [5.74, 6) is -0.444. The van der Waals surface area contributed by atoms with Gasteiger partial charge >= 0.3 is 0 Å². The zero-order valence-corrected chi connectivity index (χ0v) is 12.4. The predicted molar refractivity (Wildman–Crippen MR) is 81.8 cm³/mol. The van der Waals surface area contributed by atoms with Crippen LogP contribution in [0.1, 0.15) is 31.9 Å². The first kappa shape index (κ1) is 16.8. The molecule has 3 nitrogen and oxygen atoms in total. The molecule has 1 aromatic heterocycles. The lowest BCUT2D eigenvalue weighted by Crippen LogP contribution is -2.08. The molecular weight excluding hydrogens is 272 g/mol. The molecule has 0 fully saturated rings. The number of pyridine rings is 1. The normalized spacial score (nSPS) is 9.57. The number of benzene rings is 1. The topological polar surface area (TPSA) is 48.8 Å². The van der Waals surface area contributed by atoms with E-state index in [-0.39, 0.29) is 18.1 Å². The summed E-state index contributed by atoms with van der Waals surface area (Å²) >= 11 is 0. The zero-order chi connectivity index (χ0) is 15.8. The summed E-state index contributed by atoms with van der Waals surface area (Å²) in [6.07, 6.45) is 1.07. The van der Waals surface area contributed by atoms with E-state index in [4.69, 9.17) is 5.41 Å². The second-order valence-corrected chi connectivity index (χ2v) is 4.12. The molecule has 2 aromatic rings. The summed E-state index contributed by atoms with van der Waals surface area (Å²) in [4.78, 5) is 3.89. The van der Waals surface area contributed by atoms with Crippen LogP contribution in [0.3, 0.4) is 0 Å². The first-order valence-corrected chi connectivity index (χ1v) is 6.76. The van der Waals surface area contributed by atoms with Crippen molar-refractivity contribution in [1.82, 2.24) is 4.98 Å². The number of anilines is 1. The van der Waals surface area contributed by atoms with E-state index in [0.29, 0.717) is 16.9 Å². The van der Waals surface area contributed by atoms with Crippen molar-refractivity contribution in [3.63, 3.8) is 0 Å². The van der Waals surface area contributed by atoms with Gasteiger partial charge in [0.1, 0.15) is 17.5 Å². The number of hydrogen-bond acceptors (Lipinski definition) is 3. The molecule has 0 bridgehead atoms. The van der Waals surface area contributed by atoms with Crippen molar-refractivity contribution in [2.45, 2.75) is 27.3 Å². The Hall–Kier alpha value is -2.30. The van der Waals surface area contributed by atoms with Crippen molar-refractivity contribution in [3.8, 4) is 0 Å². The monoisotopic (exact) mass is 291 g/mol. The molecule has 0 unspecified atom stereocenters. The van der Waals surface area contributed by atoms with E-state index in [1.807, 2.05) is 13.8 Å². The maximum atomic E-state index is 13.5. The quantitative estimate of drug-likeness (QED) is 0.821. The van der Waals surface area contributed by atoms with Gasteiger partial charge in [-0.2, -0.15) is 0 Å². The molecule has 0 aliphatic carbocycles. The molecule has 0 aliphatic rings. The van der Waals surface area contributed by atoms with Gasteiger partial charge in [-0.3, -0.25) is 0 Å². The van der Waals surface area contributed by atoms with Crippen molar-refractivity contribution in [2.75, 3.05) is 5.32 Å². The van der Waals surface area contributed by atoms with Gasteiger partial charge in [-0.05, 0) is 19.1 Å². The molecule has 0 amide bonds. The Balaban J connectivity index is 0.00000106. The molecule has 1 heterocycles. The Bertz CT molecular complexity index is 612. The molecule has 0 aliphatic heterocycles. The number of aromatic nitrogens is 1. The van der Waals surface area contributed by atoms with E-state index < -0.39 is 5.82 Å². The Kier molecular flexibility index (Phi) is 6.46. The van der Waals surface area contributed by atoms with Gasteiger partial charge in [0.05, 0.1) is 6.20 Å². The summed E-state index contributed by atoms with van der Waals surface area (Å²) < 4.78 is 26.5. The number of halogens is 2.